The molecular weight excluding hydrogens is 388 g/mol. The van der Waals surface area contributed by atoms with Crippen LogP contribution in [-0.2, 0) is 16.1 Å². The number of aromatic nitrogens is 2. The molecule has 0 bridgehead atoms. The molecule has 0 atom stereocenters. The first kappa shape index (κ1) is 22.8. The highest BCUT2D eigenvalue weighted by Gasteiger charge is 2.26. The van der Waals surface area contributed by atoms with E-state index in [1.807, 2.05) is 43.4 Å². The average Bonchev–Trinajstić information content (AvgIpc) is 3.00. The van der Waals surface area contributed by atoms with Crippen LogP contribution < -0.4 is 5.32 Å². The van der Waals surface area contributed by atoms with E-state index in [-0.39, 0.29) is 23.8 Å². The summed E-state index contributed by atoms with van der Waals surface area (Å²) in [6, 6.07) is 8.60. The summed E-state index contributed by atoms with van der Waals surface area (Å²) < 4.78 is 1.99. The number of piperidine rings is 1. The van der Waals surface area contributed by atoms with Crippen LogP contribution in [0.2, 0.25) is 0 Å². The van der Waals surface area contributed by atoms with Crippen molar-refractivity contribution in [3.05, 3.63) is 58.4 Å². The Bertz CT molecular complexity index is 949. The fourth-order valence-electron chi connectivity index (χ4n) is 4.00. The number of likely N-dealkylation sites (tertiary alicyclic amines) is 1. The third-order valence-electron chi connectivity index (χ3n) is 5.89. The second-order valence-electron chi connectivity index (χ2n) is 8.82. The summed E-state index contributed by atoms with van der Waals surface area (Å²) in [4.78, 5) is 26.7. The zero-order chi connectivity index (χ0) is 22.5. The van der Waals surface area contributed by atoms with E-state index in [9.17, 15) is 9.59 Å². The Morgan fingerprint density at radius 3 is 2.39 bits per heavy atom. The Morgan fingerprint density at radius 2 is 1.77 bits per heavy atom. The molecule has 0 spiro atoms. The van der Waals surface area contributed by atoms with Crippen molar-refractivity contribution >= 4 is 17.9 Å². The van der Waals surface area contributed by atoms with Gasteiger partial charge in [0.2, 0.25) is 11.8 Å². The predicted molar refractivity (Wildman–Crippen MR) is 124 cm³/mol. The van der Waals surface area contributed by atoms with Crippen molar-refractivity contribution in [1.29, 1.82) is 0 Å². The number of carbonyl (C=O) groups is 2. The van der Waals surface area contributed by atoms with Gasteiger partial charge in [-0.3, -0.25) is 14.3 Å². The molecule has 1 aliphatic rings. The third kappa shape index (κ3) is 5.84. The van der Waals surface area contributed by atoms with Crippen molar-refractivity contribution in [3.8, 4) is 0 Å². The van der Waals surface area contributed by atoms with Crippen LogP contribution >= 0.6 is 0 Å². The van der Waals surface area contributed by atoms with Crippen LogP contribution in [0.1, 0.15) is 54.8 Å². The zero-order valence-electron chi connectivity index (χ0n) is 19.3. The maximum atomic E-state index is 12.7. The molecule has 1 fully saturated rings. The molecule has 1 saturated heterocycles. The first-order valence-electron chi connectivity index (χ1n) is 11.1. The lowest BCUT2D eigenvalue weighted by Crippen LogP contribution is -2.43. The summed E-state index contributed by atoms with van der Waals surface area (Å²) in [6.45, 7) is 12.0. The van der Waals surface area contributed by atoms with Crippen molar-refractivity contribution in [1.82, 2.24) is 20.0 Å². The minimum atomic E-state index is -0.00666. The maximum absolute atomic E-state index is 12.7. The number of aryl methyl sites for hydroxylation is 2. The molecule has 0 aliphatic carbocycles. The quantitative estimate of drug-likeness (QED) is 0.723. The van der Waals surface area contributed by atoms with Gasteiger partial charge >= 0.3 is 0 Å². The maximum Gasteiger partial charge on any atom is 0.246 e. The van der Waals surface area contributed by atoms with Gasteiger partial charge in [0.1, 0.15) is 0 Å². The second kappa shape index (κ2) is 9.94. The highest BCUT2D eigenvalue weighted by atomic mass is 16.2. The normalized spacial score (nSPS) is 15.1. The van der Waals surface area contributed by atoms with Crippen molar-refractivity contribution in [2.24, 2.45) is 5.92 Å². The topological polar surface area (TPSA) is 67.2 Å². The fourth-order valence-corrected chi connectivity index (χ4v) is 4.00. The van der Waals surface area contributed by atoms with Gasteiger partial charge < -0.3 is 10.2 Å². The molecule has 2 amide bonds. The number of carbonyl (C=O) groups excluding carboxylic acids is 2. The van der Waals surface area contributed by atoms with Crippen LogP contribution in [0.3, 0.4) is 0 Å². The smallest absolute Gasteiger partial charge is 0.246 e. The van der Waals surface area contributed by atoms with Crippen molar-refractivity contribution in [3.63, 3.8) is 0 Å². The van der Waals surface area contributed by atoms with Crippen LogP contribution in [0, 0.1) is 26.7 Å². The predicted octanol–water partition coefficient (Wildman–Crippen LogP) is 3.63. The monoisotopic (exact) mass is 422 g/mol. The van der Waals surface area contributed by atoms with Gasteiger partial charge in [-0.25, -0.2) is 0 Å². The first-order valence-corrected chi connectivity index (χ1v) is 11.1. The molecule has 1 N–H and O–H groups in total. The van der Waals surface area contributed by atoms with E-state index in [1.165, 1.54) is 11.1 Å². The molecule has 2 aromatic rings. The van der Waals surface area contributed by atoms with E-state index in [4.69, 9.17) is 0 Å². The molecular formula is C25H34N4O2. The molecule has 6 heteroatoms. The van der Waals surface area contributed by atoms with E-state index >= 15 is 0 Å². The van der Waals surface area contributed by atoms with Crippen molar-refractivity contribution < 1.29 is 9.59 Å². The first-order chi connectivity index (χ1) is 14.7. The summed E-state index contributed by atoms with van der Waals surface area (Å²) in [6.07, 6.45) is 4.94. The molecule has 0 unspecified atom stereocenters. The number of hydrogen-bond donors (Lipinski definition) is 1. The molecule has 6 nitrogen and oxygen atoms in total. The Balaban J connectivity index is 1.60. The number of nitrogens with zero attached hydrogens (tertiary/aromatic N) is 3. The Morgan fingerprint density at radius 1 is 1.13 bits per heavy atom. The summed E-state index contributed by atoms with van der Waals surface area (Å²) in [7, 11) is 0. The Hall–Kier alpha value is -2.89. The van der Waals surface area contributed by atoms with Crippen LogP contribution in [0.25, 0.3) is 6.08 Å². The van der Waals surface area contributed by atoms with Crippen LogP contribution in [0.4, 0.5) is 0 Å². The molecule has 1 aromatic heterocycles. The molecule has 0 saturated carbocycles. The summed E-state index contributed by atoms with van der Waals surface area (Å²) in [5.74, 6) is 0.0950. The number of hydrogen-bond acceptors (Lipinski definition) is 3. The minimum Gasteiger partial charge on any atom is -0.354 e. The standard InChI is InChI=1S/C25H34N4O2/c1-17(2)26-25(31)22-12-14-28(15-13-22)24(30)11-10-23-19(4)27-29(20(23)5)16-21-8-6-18(3)7-9-21/h6-11,17,22H,12-16H2,1-5H3,(H,26,31)/b11-10+. The van der Waals surface area contributed by atoms with Gasteiger partial charge in [0.25, 0.3) is 0 Å². The van der Waals surface area contributed by atoms with E-state index in [2.05, 4.69) is 41.6 Å². The molecule has 3 rings (SSSR count). The third-order valence-corrected chi connectivity index (χ3v) is 5.89. The summed E-state index contributed by atoms with van der Waals surface area (Å²) in [5.41, 5.74) is 5.39. The summed E-state index contributed by atoms with van der Waals surface area (Å²) in [5, 5.41) is 7.64. The minimum absolute atomic E-state index is 0.0000699. The molecule has 0 radical (unpaired) electrons. The number of rotatable bonds is 6. The number of benzene rings is 1. The van der Waals surface area contributed by atoms with Gasteiger partial charge in [0.05, 0.1) is 12.2 Å². The van der Waals surface area contributed by atoms with E-state index in [0.29, 0.717) is 32.5 Å². The van der Waals surface area contributed by atoms with E-state index in [0.717, 1.165) is 17.0 Å². The Kier molecular flexibility index (Phi) is 7.31. The molecule has 1 aliphatic heterocycles. The van der Waals surface area contributed by atoms with Gasteiger partial charge in [-0.2, -0.15) is 5.10 Å². The van der Waals surface area contributed by atoms with E-state index in [1.54, 1.807) is 6.08 Å². The van der Waals surface area contributed by atoms with Gasteiger partial charge in [-0.15, -0.1) is 0 Å². The fraction of sp³-hybridized carbons (Fsp3) is 0.480. The second-order valence-corrected chi connectivity index (χ2v) is 8.82. The lowest BCUT2D eigenvalue weighted by atomic mass is 9.95. The molecule has 1 aromatic carbocycles. The largest absolute Gasteiger partial charge is 0.354 e. The number of amides is 2. The van der Waals surface area contributed by atoms with Crippen molar-refractivity contribution in [2.45, 2.75) is 60.0 Å². The average molecular weight is 423 g/mol. The molecule has 166 valence electrons. The van der Waals surface area contributed by atoms with Gasteiger partial charge in [-0.1, -0.05) is 29.8 Å². The lowest BCUT2D eigenvalue weighted by molar-refractivity contribution is -0.132. The van der Waals surface area contributed by atoms with Crippen molar-refractivity contribution in [2.75, 3.05) is 13.1 Å². The lowest BCUT2D eigenvalue weighted by Gasteiger charge is -2.31. The SMILES string of the molecule is Cc1ccc(Cn2nc(C)c(/C=C/C(=O)N3CCC(C(=O)NC(C)C)CC3)c2C)cc1. The molecule has 31 heavy (non-hydrogen) atoms. The van der Waals surface area contributed by atoms with Gasteiger partial charge in [-0.05, 0) is 59.1 Å². The van der Waals surface area contributed by atoms with Gasteiger partial charge in [0, 0.05) is 42.4 Å². The van der Waals surface area contributed by atoms with Gasteiger partial charge in [0.15, 0.2) is 0 Å². The van der Waals surface area contributed by atoms with E-state index < -0.39 is 0 Å². The highest BCUT2D eigenvalue weighted by Crippen LogP contribution is 2.20. The van der Waals surface area contributed by atoms with Crippen LogP contribution in [0.5, 0.6) is 0 Å². The summed E-state index contributed by atoms with van der Waals surface area (Å²) >= 11 is 0. The Labute approximate surface area is 185 Å². The molecule has 2 heterocycles. The van der Waals surface area contributed by atoms with Crippen LogP contribution in [0.15, 0.2) is 30.3 Å². The highest BCUT2D eigenvalue weighted by molar-refractivity contribution is 5.92. The van der Waals surface area contributed by atoms with Crippen LogP contribution in [-0.4, -0.2) is 45.6 Å². The number of nitrogens with one attached hydrogen (secondary N) is 1. The zero-order valence-corrected chi connectivity index (χ0v) is 19.3.